The number of amides is 2. The van der Waals surface area contributed by atoms with Crippen LogP contribution in [0.25, 0.3) is 0 Å². The summed E-state index contributed by atoms with van der Waals surface area (Å²) in [4.78, 5) is 28.7. The number of rotatable bonds is 5. The van der Waals surface area contributed by atoms with Crippen molar-refractivity contribution in [2.75, 3.05) is 32.7 Å². The van der Waals surface area contributed by atoms with E-state index in [2.05, 4.69) is 10.2 Å². The van der Waals surface area contributed by atoms with Gasteiger partial charge in [0.05, 0.1) is 6.54 Å². The quantitative estimate of drug-likeness (QED) is 0.873. The first-order valence-corrected chi connectivity index (χ1v) is 9.52. The van der Waals surface area contributed by atoms with Gasteiger partial charge in [-0.1, -0.05) is 23.7 Å². The van der Waals surface area contributed by atoms with Crippen molar-refractivity contribution in [3.63, 3.8) is 0 Å². The Hall–Kier alpha value is -1.59. The highest BCUT2D eigenvalue weighted by Crippen LogP contribution is 2.21. The molecule has 2 aliphatic heterocycles. The van der Waals surface area contributed by atoms with Crippen molar-refractivity contribution in [2.45, 2.75) is 32.2 Å². The molecule has 2 fully saturated rings. The Morgan fingerprint density at radius 1 is 1.12 bits per heavy atom. The van der Waals surface area contributed by atoms with Gasteiger partial charge in [0.2, 0.25) is 11.8 Å². The highest BCUT2D eigenvalue weighted by atomic mass is 35.5. The third-order valence-electron chi connectivity index (χ3n) is 5.10. The molecular formula is C19H26ClN3O2. The van der Waals surface area contributed by atoms with Crippen LogP contribution in [0.3, 0.4) is 0 Å². The number of carbonyl (C=O) groups excluding carboxylic acids is 2. The number of likely N-dealkylation sites (tertiary alicyclic amines) is 2. The first-order chi connectivity index (χ1) is 12.1. The Bertz CT molecular complexity index is 608. The normalized spacial score (nSPS) is 19.2. The monoisotopic (exact) mass is 363 g/mol. The first kappa shape index (κ1) is 18.2. The maximum absolute atomic E-state index is 12.4. The van der Waals surface area contributed by atoms with Crippen LogP contribution in [0.4, 0.5) is 0 Å². The molecule has 0 spiro atoms. The summed E-state index contributed by atoms with van der Waals surface area (Å²) in [5.74, 6) is 0.482. The van der Waals surface area contributed by atoms with E-state index in [4.69, 9.17) is 11.6 Å². The van der Waals surface area contributed by atoms with Crippen LogP contribution in [-0.4, -0.2) is 54.3 Å². The maximum atomic E-state index is 12.4. The molecule has 0 unspecified atom stereocenters. The van der Waals surface area contributed by atoms with Crippen molar-refractivity contribution < 1.29 is 9.59 Å². The first-order valence-electron chi connectivity index (χ1n) is 9.14. The highest BCUT2D eigenvalue weighted by molar-refractivity contribution is 6.30. The van der Waals surface area contributed by atoms with Gasteiger partial charge in [0.25, 0.3) is 0 Å². The Morgan fingerprint density at radius 2 is 1.84 bits per heavy atom. The van der Waals surface area contributed by atoms with Crippen LogP contribution in [0.2, 0.25) is 5.02 Å². The zero-order valence-electron chi connectivity index (χ0n) is 14.5. The zero-order chi connectivity index (χ0) is 17.6. The second-order valence-electron chi connectivity index (χ2n) is 6.99. The molecule has 2 aliphatic rings. The lowest BCUT2D eigenvalue weighted by molar-refractivity contribution is -0.136. The largest absolute Gasteiger partial charge is 0.351 e. The Balaban J connectivity index is 1.38. The van der Waals surface area contributed by atoms with Gasteiger partial charge in [-0.05, 0) is 56.5 Å². The molecule has 0 atom stereocenters. The number of piperidine rings is 1. The predicted octanol–water partition coefficient (Wildman–Crippen LogP) is 2.29. The lowest BCUT2D eigenvalue weighted by Gasteiger charge is -2.32. The topological polar surface area (TPSA) is 52.7 Å². The maximum Gasteiger partial charge on any atom is 0.234 e. The molecule has 25 heavy (non-hydrogen) atoms. The zero-order valence-corrected chi connectivity index (χ0v) is 15.3. The van der Waals surface area contributed by atoms with Crippen LogP contribution in [0.1, 0.15) is 31.2 Å². The number of hydrogen-bond donors (Lipinski definition) is 1. The van der Waals surface area contributed by atoms with E-state index in [0.29, 0.717) is 24.0 Å². The van der Waals surface area contributed by atoms with E-state index >= 15 is 0 Å². The summed E-state index contributed by atoms with van der Waals surface area (Å²) in [5, 5.41) is 3.62. The van der Waals surface area contributed by atoms with Crippen LogP contribution in [-0.2, 0) is 16.1 Å². The Labute approximate surface area is 154 Å². The van der Waals surface area contributed by atoms with Gasteiger partial charge in [-0.25, -0.2) is 0 Å². The highest BCUT2D eigenvalue weighted by Gasteiger charge is 2.30. The van der Waals surface area contributed by atoms with E-state index in [9.17, 15) is 9.59 Å². The molecule has 1 aromatic rings. The molecular weight excluding hydrogens is 338 g/mol. The van der Waals surface area contributed by atoms with Crippen LogP contribution in [0.5, 0.6) is 0 Å². The molecule has 6 heteroatoms. The fourth-order valence-corrected chi connectivity index (χ4v) is 3.85. The van der Waals surface area contributed by atoms with Crippen molar-refractivity contribution in [2.24, 2.45) is 5.92 Å². The fraction of sp³-hybridized carbons (Fsp3) is 0.579. The van der Waals surface area contributed by atoms with E-state index in [1.165, 1.54) is 0 Å². The molecule has 2 saturated heterocycles. The van der Waals surface area contributed by atoms with Crippen LogP contribution in [0.15, 0.2) is 24.3 Å². The van der Waals surface area contributed by atoms with Gasteiger partial charge in [0, 0.05) is 30.6 Å². The van der Waals surface area contributed by atoms with Gasteiger partial charge in [0.15, 0.2) is 0 Å². The number of carbonyl (C=O) groups is 2. The number of halogens is 1. The molecule has 1 N–H and O–H groups in total. The molecule has 2 heterocycles. The minimum absolute atomic E-state index is 0.0179. The van der Waals surface area contributed by atoms with Crippen molar-refractivity contribution in [3.8, 4) is 0 Å². The van der Waals surface area contributed by atoms with Crippen molar-refractivity contribution >= 4 is 23.4 Å². The van der Waals surface area contributed by atoms with E-state index in [1.807, 2.05) is 29.2 Å². The van der Waals surface area contributed by atoms with Gasteiger partial charge in [-0.2, -0.15) is 0 Å². The smallest absolute Gasteiger partial charge is 0.234 e. The summed E-state index contributed by atoms with van der Waals surface area (Å²) in [6, 6.07) is 7.51. The summed E-state index contributed by atoms with van der Waals surface area (Å²) in [6.45, 7) is 4.36. The molecule has 0 aliphatic carbocycles. The van der Waals surface area contributed by atoms with Gasteiger partial charge >= 0.3 is 0 Å². The van der Waals surface area contributed by atoms with E-state index in [0.717, 1.165) is 57.4 Å². The summed E-state index contributed by atoms with van der Waals surface area (Å²) in [5.41, 5.74) is 0.996. The Kier molecular flexibility index (Phi) is 6.32. The standard InChI is InChI=1S/C19H26ClN3O2/c20-17-5-3-4-15(12-17)13-21-18(24)14-22-10-6-16(7-11-22)19(25)23-8-1-2-9-23/h3-5,12,16H,1-2,6-11,13-14H2,(H,21,24). The SMILES string of the molecule is O=C(CN1CCC(C(=O)N2CCCC2)CC1)NCc1cccc(Cl)c1. The second kappa shape index (κ2) is 8.68. The number of nitrogens with one attached hydrogen (secondary N) is 1. The van der Waals surface area contributed by atoms with Crippen LogP contribution < -0.4 is 5.32 Å². The van der Waals surface area contributed by atoms with Crippen LogP contribution >= 0.6 is 11.6 Å². The minimum Gasteiger partial charge on any atom is -0.351 e. The fourth-order valence-electron chi connectivity index (χ4n) is 3.64. The molecule has 0 aromatic heterocycles. The van der Waals surface area contributed by atoms with Gasteiger partial charge in [-0.3, -0.25) is 14.5 Å². The lowest BCUT2D eigenvalue weighted by Crippen LogP contribution is -2.44. The molecule has 136 valence electrons. The van der Waals surface area contributed by atoms with Crippen LogP contribution in [0, 0.1) is 5.92 Å². The molecule has 0 bridgehead atoms. The van der Waals surface area contributed by atoms with E-state index in [-0.39, 0.29) is 11.8 Å². The molecule has 5 nitrogen and oxygen atoms in total. The third kappa shape index (κ3) is 5.19. The molecule has 1 aromatic carbocycles. The van der Waals surface area contributed by atoms with Gasteiger partial charge in [-0.15, -0.1) is 0 Å². The summed E-state index contributed by atoms with van der Waals surface area (Å²) in [7, 11) is 0. The lowest BCUT2D eigenvalue weighted by atomic mass is 9.95. The Morgan fingerprint density at radius 3 is 2.52 bits per heavy atom. The number of hydrogen-bond acceptors (Lipinski definition) is 3. The molecule has 0 saturated carbocycles. The third-order valence-corrected chi connectivity index (χ3v) is 5.34. The molecule has 0 radical (unpaired) electrons. The van der Waals surface area contributed by atoms with Gasteiger partial charge in [0.1, 0.15) is 0 Å². The minimum atomic E-state index is 0.0179. The number of benzene rings is 1. The summed E-state index contributed by atoms with van der Waals surface area (Å²) in [6.07, 6.45) is 3.99. The molecule has 2 amide bonds. The second-order valence-corrected chi connectivity index (χ2v) is 7.43. The van der Waals surface area contributed by atoms with E-state index < -0.39 is 0 Å². The van der Waals surface area contributed by atoms with Crippen molar-refractivity contribution in [3.05, 3.63) is 34.9 Å². The number of nitrogens with zero attached hydrogens (tertiary/aromatic N) is 2. The van der Waals surface area contributed by atoms with E-state index in [1.54, 1.807) is 0 Å². The average Bonchev–Trinajstić information content (AvgIpc) is 3.15. The van der Waals surface area contributed by atoms with Gasteiger partial charge < -0.3 is 10.2 Å². The molecule has 3 rings (SSSR count). The predicted molar refractivity (Wildman–Crippen MR) is 98.3 cm³/mol. The average molecular weight is 364 g/mol. The summed E-state index contributed by atoms with van der Waals surface area (Å²) < 4.78 is 0. The summed E-state index contributed by atoms with van der Waals surface area (Å²) >= 11 is 5.95. The van der Waals surface area contributed by atoms with Crippen molar-refractivity contribution in [1.29, 1.82) is 0 Å². The van der Waals surface area contributed by atoms with Crippen molar-refractivity contribution in [1.82, 2.24) is 15.1 Å².